The fourth-order valence-electron chi connectivity index (χ4n) is 11.0. The number of hydrogen-bond donors (Lipinski definition) is 2. The monoisotopic (exact) mass is 798 g/mol. The molecule has 312 valence electrons. The summed E-state index contributed by atoms with van der Waals surface area (Å²) in [5.74, 6) is -2.88. The Labute approximate surface area is 331 Å². The molecule has 5 fully saturated rings. The highest BCUT2D eigenvalue weighted by Crippen LogP contribution is 2.72. The number of ether oxygens (including phenoxy) is 11. The van der Waals surface area contributed by atoms with Crippen LogP contribution >= 0.6 is 0 Å². The van der Waals surface area contributed by atoms with E-state index in [-0.39, 0.29) is 36.1 Å². The molecule has 9 rings (SSSR count). The minimum Gasteiger partial charge on any atom is -0.506 e. The topological polar surface area (TPSA) is 179 Å². The maximum absolute atomic E-state index is 13.3. The minimum absolute atomic E-state index is 0.0505. The van der Waals surface area contributed by atoms with Gasteiger partial charge < -0.3 is 62.3 Å². The molecular formula is C42H54O15. The maximum atomic E-state index is 13.3. The van der Waals surface area contributed by atoms with Crippen LogP contribution in [0.1, 0.15) is 107 Å². The van der Waals surface area contributed by atoms with Crippen LogP contribution in [-0.4, -0.2) is 115 Å². The number of ketones is 1. The summed E-state index contributed by atoms with van der Waals surface area (Å²) in [5.41, 5.74) is -0.727. The van der Waals surface area contributed by atoms with E-state index >= 15 is 0 Å². The van der Waals surface area contributed by atoms with Crippen molar-refractivity contribution in [2.45, 2.75) is 166 Å². The van der Waals surface area contributed by atoms with Gasteiger partial charge in [0.05, 0.1) is 42.5 Å². The number of hydrogen-bond acceptors (Lipinski definition) is 15. The highest BCUT2D eigenvalue weighted by Gasteiger charge is 2.92. The summed E-state index contributed by atoms with van der Waals surface area (Å²) in [6.45, 7) is 14.6. The molecule has 6 aliphatic heterocycles. The van der Waals surface area contributed by atoms with Crippen LogP contribution in [0.5, 0.6) is 17.2 Å². The number of epoxide rings is 1. The Bertz CT molecular complexity index is 2020. The summed E-state index contributed by atoms with van der Waals surface area (Å²) in [5, 5.41) is 24.7. The molecule has 57 heavy (non-hydrogen) atoms. The Kier molecular flexibility index (Phi) is 8.93. The molecule has 2 aromatic rings. The standard InChI is InChI=1S/C42H54O15/c1-18-14-24-30(31(45)29-23(32(24)47-9)12-11-13-25(29)44)33-28(18)34-37-42(48-10,55-33)40(17-49-40)41(56-34,57-37)21(4)52-27-16-39(8,46)36(20(3)51-27)54-26-15-38(6,7)35(19(2)50-26)53-22(5)43/h14,19-21,26-27,34-37,45-46H,11-13,15-17H2,1-10H3/t19?,20?,21?,26?,27?,34?,35?,36?,37?,39?,40?,41-,42?/m1/s1. The average Bonchev–Trinajstić information content (AvgIpc) is 3.77. The molecule has 7 aliphatic rings. The number of methoxy groups -OCH3 is 2. The van der Waals surface area contributed by atoms with E-state index in [0.717, 1.165) is 5.56 Å². The van der Waals surface area contributed by atoms with Crippen molar-refractivity contribution in [3.63, 3.8) is 0 Å². The van der Waals surface area contributed by atoms with Crippen molar-refractivity contribution in [3.05, 3.63) is 28.3 Å². The number of esters is 1. The first-order valence-electron chi connectivity index (χ1n) is 20.0. The van der Waals surface area contributed by atoms with Crippen LogP contribution in [0.3, 0.4) is 0 Å². The number of fused-ring (bicyclic) bond motifs is 8. The molecule has 15 heteroatoms. The van der Waals surface area contributed by atoms with Crippen LogP contribution in [0.25, 0.3) is 10.8 Å². The minimum atomic E-state index is -1.52. The highest BCUT2D eigenvalue weighted by atomic mass is 16.9. The lowest BCUT2D eigenvalue weighted by molar-refractivity contribution is -0.358. The Balaban J connectivity index is 0.991. The predicted molar refractivity (Wildman–Crippen MR) is 198 cm³/mol. The zero-order chi connectivity index (χ0) is 40.8. The molecule has 6 heterocycles. The van der Waals surface area contributed by atoms with Crippen molar-refractivity contribution in [3.8, 4) is 17.2 Å². The van der Waals surface area contributed by atoms with Crippen molar-refractivity contribution >= 4 is 22.5 Å². The van der Waals surface area contributed by atoms with Gasteiger partial charge in [-0.05, 0) is 59.1 Å². The molecule has 0 saturated carbocycles. The lowest BCUT2D eigenvalue weighted by Crippen LogP contribution is -2.70. The van der Waals surface area contributed by atoms with E-state index in [4.69, 9.17) is 52.1 Å². The van der Waals surface area contributed by atoms with Gasteiger partial charge in [-0.3, -0.25) is 9.59 Å². The van der Waals surface area contributed by atoms with Crippen LogP contribution in [0.2, 0.25) is 0 Å². The number of Topliss-reactive ketones (excluding diaryl/α,β-unsaturated/α-hetero) is 1. The van der Waals surface area contributed by atoms with E-state index < -0.39 is 83.5 Å². The lowest BCUT2D eigenvalue weighted by Gasteiger charge is -2.51. The van der Waals surface area contributed by atoms with Crippen molar-refractivity contribution in [2.75, 3.05) is 20.8 Å². The second-order valence-electron chi connectivity index (χ2n) is 17.9. The largest absolute Gasteiger partial charge is 0.506 e. The van der Waals surface area contributed by atoms with Gasteiger partial charge in [-0.15, -0.1) is 0 Å². The summed E-state index contributed by atoms with van der Waals surface area (Å²) >= 11 is 0. The number of phenolic OH excluding ortho intramolecular Hbond substituents is 1. The number of aromatic hydroxyl groups is 1. The van der Waals surface area contributed by atoms with Crippen molar-refractivity contribution < 1.29 is 71.9 Å². The third-order valence-corrected chi connectivity index (χ3v) is 13.5. The maximum Gasteiger partial charge on any atom is 0.303 e. The molecule has 2 aromatic carbocycles. The number of carbonyl (C=O) groups excluding carboxylic acids is 2. The molecule has 0 amide bonds. The third-order valence-electron chi connectivity index (χ3n) is 13.5. The van der Waals surface area contributed by atoms with Crippen LogP contribution in [0.4, 0.5) is 0 Å². The first-order valence-corrected chi connectivity index (χ1v) is 20.0. The van der Waals surface area contributed by atoms with E-state index in [2.05, 4.69) is 0 Å². The van der Waals surface area contributed by atoms with Gasteiger partial charge in [-0.25, -0.2) is 0 Å². The number of phenols is 1. The average molecular weight is 799 g/mol. The normalized spacial score (nSPS) is 41.7. The summed E-state index contributed by atoms with van der Waals surface area (Å²) < 4.78 is 70.4. The summed E-state index contributed by atoms with van der Waals surface area (Å²) in [7, 11) is 3.09. The second-order valence-corrected chi connectivity index (χ2v) is 17.9. The molecule has 2 N–H and O–H groups in total. The van der Waals surface area contributed by atoms with Gasteiger partial charge in [0, 0.05) is 55.2 Å². The summed E-state index contributed by atoms with van der Waals surface area (Å²) in [4.78, 5) is 25.0. The first-order chi connectivity index (χ1) is 26.8. The Morgan fingerprint density at radius 3 is 2.35 bits per heavy atom. The van der Waals surface area contributed by atoms with Crippen LogP contribution in [-0.2, 0) is 53.8 Å². The number of aliphatic hydroxyl groups is 1. The van der Waals surface area contributed by atoms with E-state index in [0.29, 0.717) is 59.1 Å². The molecule has 1 aliphatic carbocycles. The van der Waals surface area contributed by atoms with Crippen molar-refractivity contribution in [2.24, 2.45) is 5.41 Å². The smallest absolute Gasteiger partial charge is 0.303 e. The molecule has 0 radical (unpaired) electrons. The highest BCUT2D eigenvalue weighted by molar-refractivity contribution is 6.11. The molecule has 0 aromatic heterocycles. The zero-order valence-electron chi connectivity index (χ0n) is 34.2. The number of rotatable bonds is 8. The van der Waals surface area contributed by atoms with Crippen molar-refractivity contribution in [1.82, 2.24) is 0 Å². The molecule has 15 nitrogen and oxygen atoms in total. The van der Waals surface area contributed by atoms with Crippen molar-refractivity contribution in [1.29, 1.82) is 0 Å². The van der Waals surface area contributed by atoms with Gasteiger partial charge in [0.15, 0.2) is 24.5 Å². The Morgan fingerprint density at radius 1 is 1.02 bits per heavy atom. The van der Waals surface area contributed by atoms with Crippen LogP contribution in [0.15, 0.2) is 6.07 Å². The van der Waals surface area contributed by atoms with E-state index in [1.807, 2.05) is 47.6 Å². The zero-order valence-corrected chi connectivity index (χ0v) is 34.2. The summed E-state index contributed by atoms with van der Waals surface area (Å²) in [6.07, 6.45) is -4.13. The molecule has 1 spiro atoms. The lowest BCUT2D eigenvalue weighted by atomic mass is 9.77. The summed E-state index contributed by atoms with van der Waals surface area (Å²) in [6, 6.07) is 1.93. The number of benzene rings is 2. The first kappa shape index (κ1) is 39.3. The molecule has 2 bridgehead atoms. The predicted octanol–water partition coefficient (Wildman–Crippen LogP) is 4.82. The van der Waals surface area contributed by atoms with E-state index in [1.165, 1.54) is 14.0 Å². The fourth-order valence-corrected chi connectivity index (χ4v) is 11.0. The van der Waals surface area contributed by atoms with Gasteiger partial charge in [-0.1, -0.05) is 13.8 Å². The van der Waals surface area contributed by atoms with Gasteiger partial charge in [0.25, 0.3) is 5.79 Å². The van der Waals surface area contributed by atoms with E-state index in [9.17, 15) is 19.8 Å². The Hall–Kier alpha value is -3.12. The fraction of sp³-hybridized carbons (Fsp3) is 0.714. The van der Waals surface area contributed by atoms with Crippen LogP contribution in [0, 0.1) is 12.3 Å². The van der Waals surface area contributed by atoms with Gasteiger partial charge in [-0.2, -0.15) is 0 Å². The molecular weight excluding hydrogens is 744 g/mol. The van der Waals surface area contributed by atoms with Gasteiger partial charge in [0.1, 0.15) is 41.7 Å². The van der Waals surface area contributed by atoms with Crippen LogP contribution < -0.4 is 9.47 Å². The SMILES string of the molecule is COc1c2c(c(O)c3c4c(c(C)cc13)C1O[C@]3(C(C)OC5CC(C)(O)C(OC6CC(C)(C)C(OC(C)=O)C(C)O6)C(C)O5)OC1C(OC)(O4)C31CO1)C(=O)CCC2. The molecule has 5 saturated heterocycles. The molecule has 13 atom stereocenters. The third kappa shape index (κ3) is 5.36. The number of aryl methyl sites for hydroxylation is 1. The van der Waals surface area contributed by atoms with Gasteiger partial charge in [0.2, 0.25) is 11.4 Å². The Morgan fingerprint density at radius 2 is 1.72 bits per heavy atom. The molecule has 12 unspecified atom stereocenters. The second kappa shape index (κ2) is 12.9. The number of carbonyl (C=O) groups is 2. The quantitative estimate of drug-likeness (QED) is 0.274. The van der Waals surface area contributed by atoms with E-state index in [1.54, 1.807) is 14.0 Å². The van der Waals surface area contributed by atoms with Gasteiger partial charge >= 0.3 is 5.97 Å².